The summed E-state index contributed by atoms with van der Waals surface area (Å²) in [5.41, 5.74) is 4.38. The Hall–Kier alpha value is -2.44. The number of benzene rings is 2. The van der Waals surface area contributed by atoms with Gasteiger partial charge in [0.25, 0.3) is 11.8 Å². The Morgan fingerprint density at radius 2 is 1.70 bits per heavy atom. The molecular weight excluding hydrogens is 448 g/mol. The third-order valence-corrected chi connectivity index (χ3v) is 7.89. The molecule has 4 rings (SSSR count). The smallest absolute Gasteiger partial charge is 0.267 e. The van der Waals surface area contributed by atoms with E-state index in [2.05, 4.69) is 26.0 Å². The molecule has 0 aliphatic carbocycles. The van der Waals surface area contributed by atoms with E-state index in [1.54, 1.807) is 9.80 Å². The number of fused-ring (bicyclic) bond motifs is 1. The lowest BCUT2D eigenvalue weighted by atomic mass is 9.98. The van der Waals surface area contributed by atoms with E-state index in [4.69, 9.17) is 12.2 Å². The van der Waals surface area contributed by atoms with E-state index in [0.29, 0.717) is 33.8 Å². The van der Waals surface area contributed by atoms with Crippen LogP contribution in [0.15, 0.2) is 53.4 Å². The first-order valence-corrected chi connectivity index (χ1v) is 12.9. The summed E-state index contributed by atoms with van der Waals surface area (Å²) in [4.78, 5) is 31.1. The van der Waals surface area contributed by atoms with Gasteiger partial charge >= 0.3 is 0 Å². The van der Waals surface area contributed by atoms with Gasteiger partial charge in [-0.05, 0) is 30.9 Å². The summed E-state index contributed by atoms with van der Waals surface area (Å²) in [6.07, 6.45) is 4.38. The molecule has 172 valence electrons. The Labute approximate surface area is 206 Å². The minimum absolute atomic E-state index is 0.129. The van der Waals surface area contributed by atoms with Crippen molar-refractivity contribution >= 4 is 51.4 Å². The zero-order valence-electron chi connectivity index (χ0n) is 19.5. The highest BCUT2D eigenvalue weighted by Crippen LogP contribution is 2.45. The number of hydrogen-bond donors (Lipinski definition) is 0. The number of carbonyl (C=O) groups is 2. The molecular formula is C27H30N2O2S2. The Bertz CT molecular complexity index is 1110. The molecule has 0 spiro atoms. The van der Waals surface area contributed by atoms with Crippen molar-refractivity contribution in [1.82, 2.24) is 4.90 Å². The maximum Gasteiger partial charge on any atom is 0.267 e. The zero-order chi connectivity index (χ0) is 23.5. The van der Waals surface area contributed by atoms with Crippen LogP contribution in [0.1, 0.15) is 56.2 Å². The number of hydrogen-bond acceptors (Lipinski definition) is 4. The van der Waals surface area contributed by atoms with Crippen LogP contribution >= 0.6 is 24.0 Å². The Morgan fingerprint density at radius 1 is 0.970 bits per heavy atom. The van der Waals surface area contributed by atoms with E-state index >= 15 is 0 Å². The van der Waals surface area contributed by atoms with Crippen molar-refractivity contribution in [2.24, 2.45) is 5.92 Å². The van der Waals surface area contributed by atoms with Gasteiger partial charge in [0, 0.05) is 12.1 Å². The van der Waals surface area contributed by atoms with E-state index in [9.17, 15) is 9.59 Å². The van der Waals surface area contributed by atoms with Crippen LogP contribution in [0.5, 0.6) is 0 Å². The highest BCUT2D eigenvalue weighted by molar-refractivity contribution is 8.26. The van der Waals surface area contributed by atoms with Crippen molar-refractivity contribution in [2.45, 2.75) is 53.0 Å². The molecule has 0 bridgehead atoms. The predicted molar refractivity (Wildman–Crippen MR) is 141 cm³/mol. The van der Waals surface area contributed by atoms with Crippen LogP contribution in [0.25, 0.3) is 5.57 Å². The minimum atomic E-state index is -0.129. The fourth-order valence-electron chi connectivity index (χ4n) is 4.41. The molecule has 4 nitrogen and oxygen atoms in total. The topological polar surface area (TPSA) is 40.6 Å². The summed E-state index contributed by atoms with van der Waals surface area (Å²) < 4.78 is 0.555. The SMILES string of the molecule is CCCC[C@H](CC)CN1C(=O)/C(=C2/C(=O)N(Cc3ccc(C)cc3)c3ccccc32)SC1=S. The number of rotatable bonds is 8. The molecule has 6 heteroatoms. The van der Waals surface area contributed by atoms with Crippen molar-refractivity contribution in [1.29, 1.82) is 0 Å². The van der Waals surface area contributed by atoms with Crippen LogP contribution in [0.4, 0.5) is 5.69 Å². The first kappa shape index (κ1) is 23.7. The molecule has 2 heterocycles. The lowest BCUT2D eigenvalue weighted by Gasteiger charge is -2.21. The zero-order valence-corrected chi connectivity index (χ0v) is 21.1. The molecule has 2 amide bonds. The molecule has 0 aromatic heterocycles. The maximum atomic E-state index is 13.6. The molecule has 2 aromatic carbocycles. The van der Waals surface area contributed by atoms with Gasteiger partial charge in [-0.25, -0.2) is 0 Å². The largest absolute Gasteiger partial charge is 0.303 e. The monoisotopic (exact) mass is 478 g/mol. The molecule has 1 atom stereocenters. The van der Waals surface area contributed by atoms with Crippen molar-refractivity contribution in [3.8, 4) is 0 Å². The summed E-state index contributed by atoms with van der Waals surface area (Å²) in [5, 5.41) is 0. The highest BCUT2D eigenvalue weighted by Gasteiger charge is 2.42. The summed E-state index contributed by atoms with van der Waals surface area (Å²) in [5.74, 6) is 0.159. The van der Waals surface area contributed by atoms with Gasteiger partial charge in [-0.1, -0.05) is 105 Å². The van der Waals surface area contributed by atoms with E-state index in [-0.39, 0.29) is 11.8 Å². The highest BCUT2D eigenvalue weighted by atomic mass is 32.2. The minimum Gasteiger partial charge on any atom is -0.303 e. The van der Waals surface area contributed by atoms with Gasteiger partial charge < -0.3 is 4.90 Å². The molecule has 0 saturated carbocycles. The molecule has 2 aromatic rings. The van der Waals surface area contributed by atoms with E-state index in [1.165, 1.54) is 17.3 Å². The second kappa shape index (κ2) is 10.2. The molecule has 0 radical (unpaired) electrons. The summed E-state index contributed by atoms with van der Waals surface area (Å²) in [6.45, 7) is 7.49. The molecule has 33 heavy (non-hydrogen) atoms. The van der Waals surface area contributed by atoms with Crippen LogP contribution in [-0.2, 0) is 16.1 Å². The van der Waals surface area contributed by atoms with Gasteiger partial charge in [0.05, 0.1) is 22.7 Å². The number of thioether (sulfide) groups is 1. The Kier molecular flexibility index (Phi) is 7.35. The lowest BCUT2D eigenvalue weighted by molar-refractivity contribution is -0.123. The quantitative estimate of drug-likeness (QED) is 0.328. The van der Waals surface area contributed by atoms with Gasteiger partial charge in [0.2, 0.25) is 0 Å². The van der Waals surface area contributed by atoms with Gasteiger partial charge in [0.15, 0.2) is 0 Å². The number of anilines is 1. The first-order valence-electron chi connectivity index (χ1n) is 11.7. The molecule has 0 N–H and O–H groups in total. The van der Waals surface area contributed by atoms with Gasteiger partial charge in [-0.2, -0.15) is 0 Å². The fourth-order valence-corrected chi connectivity index (χ4v) is 5.76. The van der Waals surface area contributed by atoms with Crippen LogP contribution in [0, 0.1) is 12.8 Å². The van der Waals surface area contributed by atoms with Crippen LogP contribution < -0.4 is 4.90 Å². The second-order valence-electron chi connectivity index (χ2n) is 8.80. The second-order valence-corrected chi connectivity index (χ2v) is 10.4. The number of thiocarbonyl (C=S) groups is 1. The Morgan fingerprint density at radius 3 is 2.39 bits per heavy atom. The van der Waals surface area contributed by atoms with Gasteiger partial charge in [-0.15, -0.1) is 0 Å². The normalized spacial score (nSPS) is 18.9. The lowest BCUT2D eigenvalue weighted by Crippen LogP contribution is -2.33. The number of carbonyl (C=O) groups excluding carboxylic acids is 2. The standard InChI is InChI=1S/C27H30N2O2S2/c1-4-6-9-19(5-2)16-29-26(31)24(33-27(29)32)23-21-10-7-8-11-22(21)28(25(23)30)17-20-14-12-18(3)13-15-20/h7-8,10-15,19H,4-6,9,16-17H2,1-3H3/b24-23-/t19-/m0/s1. The average molecular weight is 479 g/mol. The number of aryl methyl sites for hydroxylation is 1. The van der Waals surface area contributed by atoms with Crippen LogP contribution in [-0.4, -0.2) is 27.6 Å². The van der Waals surface area contributed by atoms with Crippen LogP contribution in [0.3, 0.4) is 0 Å². The summed E-state index contributed by atoms with van der Waals surface area (Å²) >= 11 is 6.87. The molecule has 2 aliphatic heterocycles. The average Bonchev–Trinajstić information content (AvgIpc) is 3.25. The number of unbranched alkanes of at least 4 members (excludes halogenated alkanes) is 1. The molecule has 0 unspecified atom stereocenters. The summed E-state index contributed by atoms with van der Waals surface area (Å²) in [7, 11) is 0. The molecule has 2 aliphatic rings. The third-order valence-electron chi connectivity index (χ3n) is 6.44. The fraction of sp³-hybridized carbons (Fsp3) is 0.370. The Balaban J connectivity index is 1.65. The van der Waals surface area contributed by atoms with E-state index in [1.807, 2.05) is 43.3 Å². The maximum absolute atomic E-state index is 13.6. The first-order chi connectivity index (χ1) is 15.9. The van der Waals surface area contributed by atoms with E-state index in [0.717, 1.165) is 42.5 Å². The third kappa shape index (κ3) is 4.78. The van der Waals surface area contributed by atoms with Crippen molar-refractivity contribution in [3.05, 3.63) is 70.1 Å². The van der Waals surface area contributed by atoms with Crippen LogP contribution in [0.2, 0.25) is 0 Å². The van der Waals surface area contributed by atoms with Crippen molar-refractivity contribution < 1.29 is 9.59 Å². The number of para-hydroxylation sites is 1. The van der Waals surface area contributed by atoms with Gasteiger partial charge in [-0.3, -0.25) is 14.5 Å². The number of nitrogens with zero attached hydrogens (tertiary/aromatic N) is 2. The summed E-state index contributed by atoms with van der Waals surface area (Å²) in [6, 6.07) is 15.9. The van der Waals surface area contributed by atoms with Crippen molar-refractivity contribution in [2.75, 3.05) is 11.4 Å². The van der Waals surface area contributed by atoms with Crippen molar-refractivity contribution in [3.63, 3.8) is 0 Å². The number of amides is 2. The van der Waals surface area contributed by atoms with Gasteiger partial charge in [0.1, 0.15) is 4.32 Å². The van der Waals surface area contributed by atoms with E-state index < -0.39 is 0 Å². The molecule has 1 fully saturated rings. The predicted octanol–water partition coefficient (Wildman–Crippen LogP) is 6.33. The molecule has 1 saturated heterocycles.